The summed E-state index contributed by atoms with van der Waals surface area (Å²) in [5, 5.41) is 0. The molecule has 16 N–H and O–H groups in total. The Kier molecular flexibility index (Phi) is 16400. The maximum Gasteiger partial charge on any atom is 2.00 e. The standard InChI is InChI=1S/4H3N.Pt/h4*1H3;/q;;;;+2/p+4. The van der Waals surface area contributed by atoms with Crippen molar-refractivity contribution in [2.24, 2.45) is 0 Å². The van der Waals surface area contributed by atoms with Crippen molar-refractivity contribution in [3.05, 3.63) is 0 Å². The van der Waals surface area contributed by atoms with Crippen molar-refractivity contribution in [1.29, 1.82) is 0 Å². The molecular formula is H16N4Pt+6. The summed E-state index contributed by atoms with van der Waals surface area (Å²) in [6.45, 7) is 0. The summed E-state index contributed by atoms with van der Waals surface area (Å²) in [5.74, 6) is 0. The first kappa shape index (κ1) is 406. The van der Waals surface area contributed by atoms with Crippen LogP contribution in [0.5, 0.6) is 0 Å². The van der Waals surface area contributed by atoms with E-state index >= 15 is 0 Å². The van der Waals surface area contributed by atoms with Crippen LogP contribution in [-0.2, 0) is 21.1 Å². The Balaban J connectivity index is 0. The Hall–Kier alpha value is 0.528. The summed E-state index contributed by atoms with van der Waals surface area (Å²) >= 11 is 0. The minimum Gasteiger partial charge on any atom is -0.369 e. The summed E-state index contributed by atoms with van der Waals surface area (Å²) in [6.07, 6.45) is 0. The van der Waals surface area contributed by atoms with E-state index in [1.165, 1.54) is 0 Å². The second-order valence-electron chi connectivity index (χ2n) is 0. The molecule has 0 radical (unpaired) electrons. The third-order valence-corrected chi connectivity index (χ3v) is 0. The van der Waals surface area contributed by atoms with Gasteiger partial charge in [0.25, 0.3) is 0 Å². The second-order valence-corrected chi connectivity index (χ2v) is 0. The van der Waals surface area contributed by atoms with E-state index in [9.17, 15) is 0 Å². The SMILES string of the molecule is [NH4+].[NH4+].[NH4+].[NH4+].[Pt+2]. The van der Waals surface area contributed by atoms with Crippen molar-refractivity contribution in [3.8, 4) is 0 Å². The number of rotatable bonds is 0. The fourth-order valence-corrected chi connectivity index (χ4v) is 0. The fourth-order valence-electron chi connectivity index (χ4n) is 0. The third-order valence-electron chi connectivity index (χ3n) is 0. The first-order valence-electron chi connectivity index (χ1n) is 0. The smallest absolute Gasteiger partial charge is 0.369 e. The van der Waals surface area contributed by atoms with Crippen molar-refractivity contribution in [1.82, 2.24) is 24.6 Å². The minimum absolute atomic E-state index is 0. The van der Waals surface area contributed by atoms with E-state index < -0.39 is 0 Å². The van der Waals surface area contributed by atoms with Crippen molar-refractivity contribution in [3.63, 3.8) is 0 Å². The van der Waals surface area contributed by atoms with Crippen molar-refractivity contribution < 1.29 is 21.1 Å². The number of hydrogen-bond donors (Lipinski definition) is 4. The van der Waals surface area contributed by atoms with Crippen molar-refractivity contribution in [2.75, 3.05) is 0 Å². The van der Waals surface area contributed by atoms with Crippen LogP contribution in [-0.4, -0.2) is 0 Å². The van der Waals surface area contributed by atoms with Gasteiger partial charge in [0, 0.05) is 0 Å². The zero-order chi connectivity index (χ0) is 0. The Morgan fingerprint density at radius 1 is 0.400 bits per heavy atom. The first-order valence-corrected chi connectivity index (χ1v) is 0. The second kappa shape index (κ2) is 202. The van der Waals surface area contributed by atoms with E-state index in [0.29, 0.717) is 0 Å². The topological polar surface area (TPSA) is 146 Å². The molecule has 0 saturated carbocycles. The molecule has 0 heterocycles. The number of hydrogen-bond acceptors (Lipinski definition) is 0. The molecule has 0 aliphatic rings. The van der Waals surface area contributed by atoms with Crippen LogP contribution < -0.4 is 24.6 Å². The first-order chi connectivity index (χ1) is 0. The van der Waals surface area contributed by atoms with Gasteiger partial charge in [-0.2, -0.15) is 0 Å². The molecule has 0 saturated heterocycles. The molecule has 0 unspecified atom stereocenters. The van der Waals surface area contributed by atoms with Gasteiger partial charge in [-0.25, -0.2) is 0 Å². The number of quaternary nitrogens is 4. The molecule has 0 aromatic heterocycles. The Morgan fingerprint density at radius 2 is 0.400 bits per heavy atom. The molecule has 0 spiro atoms. The molecular weight excluding hydrogens is 251 g/mol. The van der Waals surface area contributed by atoms with E-state index in [0.717, 1.165) is 0 Å². The molecule has 0 atom stereocenters. The van der Waals surface area contributed by atoms with Gasteiger partial charge >= 0.3 is 21.1 Å². The van der Waals surface area contributed by atoms with Gasteiger partial charge in [-0.1, -0.05) is 0 Å². The summed E-state index contributed by atoms with van der Waals surface area (Å²) in [7, 11) is 0. The molecule has 0 amide bonds. The summed E-state index contributed by atoms with van der Waals surface area (Å²) < 4.78 is 0. The van der Waals surface area contributed by atoms with Crippen molar-refractivity contribution in [2.45, 2.75) is 0 Å². The molecule has 0 aliphatic carbocycles. The average Bonchev–Trinajstić information content (AvgIpc) is 0. The van der Waals surface area contributed by atoms with Crippen LogP contribution in [0.1, 0.15) is 0 Å². The zero-order valence-corrected chi connectivity index (χ0v) is 6.59. The summed E-state index contributed by atoms with van der Waals surface area (Å²) in [5.41, 5.74) is 0. The van der Waals surface area contributed by atoms with Crippen LogP contribution in [0, 0.1) is 0 Å². The van der Waals surface area contributed by atoms with Gasteiger partial charge in [0.15, 0.2) is 0 Å². The molecule has 0 aromatic carbocycles. The molecule has 5 heavy (non-hydrogen) atoms. The normalized spacial score (nSPS) is 0. The van der Waals surface area contributed by atoms with E-state index in [1.54, 1.807) is 0 Å². The van der Waals surface area contributed by atoms with Gasteiger partial charge in [-0.15, -0.1) is 0 Å². The maximum absolute atomic E-state index is 0. The predicted molar refractivity (Wildman–Crippen MR) is 23.9 cm³/mol. The van der Waals surface area contributed by atoms with Crippen LogP contribution in [0.3, 0.4) is 0 Å². The zero-order valence-electron chi connectivity index (χ0n) is 4.32. The minimum atomic E-state index is 0. The molecule has 5 heteroatoms. The Labute approximate surface area is 46.3 Å². The molecule has 0 bridgehead atoms. The maximum atomic E-state index is 0. The predicted octanol–water partition coefficient (Wildman–Crippen LogP) is 1.50. The van der Waals surface area contributed by atoms with E-state index in [1.807, 2.05) is 0 Å². The molecule has 0 aliphatic heterocycles. The summed E-state index contributed by atoms with van der Waals surface area (Å²) in [4.78, 5) is 0. The van der Waals surface area contributed by atoms with Crippen LogP contribution in [0.4, 0.5) is 0 Å². The Morgan fingerprint density at radius 3 is 0.400 bits per heavy atom. The van der Waals surface area contributed by atoms with Gasteiger partial charge in [0.1, 0.15) is 0 Å². The van der Waals surface area contributed by atoms with Gasteiger partial charge in [0.05, 0.1) is 0 Å². The monoisotopic (exact) mass is 267 g/mol. The van der Waals surface area contributed by atoms with Crippen LogP contribution in [0.2, 0.25) is 0 Å². The van der Waals surface area contributed by atoms with Crippen LogP contribution in [0.15, 0.2) is 0 Å². The van der Waals surface area contributed by atoms with Gasteiger partial charge in [-0.3, -0.25) is 0 Å². The van der Waals surface area contributed by atoms with Crippen LogP contribution >= 0.6 is 0 Å². The van der Waals surface area contributed by atoms with E-state index in [2.05, 4.69) is 0 Å². The van der Waals surface area contributed by atoms with Crippen LogP contribution in [0.25, 0.3) is 0 Å². The van der Waals surface area contributed by atoms with Gasteiger partial charge in [0.2, 0.25) is 0 Å². The molecule has 40 valence electrons. The third kappa shape index (κ3) is 104. The van der Waals surface area contributed by atoms with E-state index in [4.69, 9.17) is 0 Å². The quantitative estimate of drug-likeness (QED) is 0.504. The fraction of sp³-hybridized carbons (Fsp3) is 0. The molecule has 0 aromatic rings. The molecule has 0 rings (SSSR count). The molecule has 0 fully saturated rings. The average molecular weight is 267 g/mol. The van der Waals surface area contributed by atoms with Crippen molar-refractivity contribution >= 4 is 0 Å². The summed E-state index contributed by atoms with van der Waals surface area (Å²) in [6, 6.07) is 0. The Bertz CT molecular complexity index is 3.61. The molecule has 4 nitrogen and oxygen atoms in total. The largest absolute Gasteiger partial charge is 2.00 e. The van der Waals surface area contributed by atoms with Gasteiger partial charge < -0.3 is 24.6 Å². The van der Waals surface area contributed by atoms with Gasteiger partial charge in [-0.05, 0) is 0 Å². The van der Waals surface area contributed by atoms with E-state index in [-0.39, 0.29) is 45.7 Å².